The summed E-state index contributed by atoms with van der Waals surface area (Å²) in [5.41, 5.74) is 1.84. The molecule has 0 aromatic heterocycles. The largest absolute Gasteiger partial charge is 0.336 e. The van der Waals surface area contributed by atoms with Crippen molar-refractivity contribution >= 4 is 23.3 Å². The number of nitrogens with zero attached hydrogens (tertiary/aromatic N) is 1. The smallest absolute Gasteiger partial charge is 0.243 e. The number of rotatable bonds is 4. The van der Waals surface area contributed by atoms with Gasteiger partial charge < -0.3 is 10.2 Å². The van der Waals surface area contributed by atoms with Crippen LogP contribution in [0, 0.1) is 18.8 Å². The minimum atomic E-state index is -0.218. The average molecular weight is 316 g/mol. The molecular formula is C18H24N2O3. The average Bonchev–Trinajstić information content (AvgIpc) is 2.51. The fraction of sp³-hybridized carbons (Fsp3) is 0.500. The van der Waals surface area contributed by atoms with E-state index in [1.807, 2.05) is 38.1 Å². The van der Waals surface area contributed by atoms with Gasteiger partial charge in [0.25, 0.3) is 0 Å². The number of hydrogen-bond donors (Lipinski definition) is 1. The van der Waals surface area contributed by atoms with Crippen molar-refractivity contribution in [2.45, 2.75) is 33.1 Å². The molecule has 5 heteroatoms. The molecule has 124 valence electrons. The molecule has 2 unspecified atom stereocenters. The highest BCUT2D eigenvalue weighted by Gasteiger charge is 2.31. The summed E-state index contributed by atoms with van der Waals surface area (Å²) in [4.78, 5) is 37.5. The fourth-order valence-electron chi connectivity index (χ4n) is 2.91. The predicted octanol–water partition coefficient (Wildman–Crippen LogP) is 2.40. The quantitative estimate of drug-likeness (QED) is 0.927. The van der Waals surface area contributed by atoms with E-state index in [1.54, 1.807) is 7.05 Å². The monoisotopic (exact) mass is 316 g/mol. The molecule has 0 radical (unpaired) electrons. The van der Waals surface area contributed by atoms with Crippen molar-refractivity contribution in [2.75, 3.05) is 18.9 Å². The van der Waals surface area contributed by atoms with Crippen LogP contribution in [-0.4, -0.2) is 36.1 Å². The zero-order valence-electron chi connectivity index (χ0n) is 14.0. The molecule has 1 aliphatic rings. The van der Waals surface area contributed by atoms with Crippen LogP contribution in [0.25, 0.3) is 0 Å². The summed E-state index contributed by atoms with van der Waals surface area (Å²) in [7, 11) is 1.64. The van der Waals surface area contributed by atoms with Gasteiger partial charge in [-0.15, -0.1) is 0 Å². The van der Waals surface area contributed by atoms with Crippen molar-refractivity contribution in [3.05, 3.63) is 29.8 Å². The lowest BCUT2D eigenvalue weighted by Crippen LogP contribution is -2.41. The number of nitrogens with one attached hydrogen (secondary N) is 1. The number of carbonyl (C=O) groups excluding carboxylic acids is 3. The first-order valence-electron chi connectivity index (χ1n) is 8.01. The Morgan fingerprint density at radius 3 is 2.52 bits per heavy atom. The highest BCUT2D eigenvalue weighted by Crippen LogP contribution is 2.27. The molecule has 0 saturated heterocycles. The maximum Gasteiger partial charge on any atom is 0.243 e. The van der Waals surface area contributed by atoms with Crippen LogP contribution in [0.1, 0.15) is 31.7 Å². The van der Waals surface area contributed by atoms with Crippen LogP contribution >= 0.6 is 0 Å². The van der Waals surface area contributed by atoms with Gasteiger partial charge in [0.05, 0.1) is 6.54 Å². The van der Waals surface area contributed by atoms with E-state index in [-0.39, 0.29) is 36.0 Å². The van der Waals surface area contributed by atoms with E-state index in [9.17, 15) is 14.4 Å². The van der Waals surface area contributed by atoms with Crippen molar-refractivity contribution in [3.8, 4) is 0 Å². The van der Waals surface area contributed by atoms with Gasteiger partial charge in [0.2, 0.25) is 11.8 Å². The third-order valence-corrected chi connectivity index (χ3v) is 4.37. The minimum absolute atomic E-state index is 0.0194. The Balaban J connectivity index is 1.86. The molecule has 0 heterocycles. The third-order valence-electron chi connectivity index (χ3n) is 4.37. The van der Waals surface area contributed by atoms with Crippen molar-refractivity contribution in [2.24, 2.45) is 11.8 Å². The number of hydrogen-bond acceptors (Lipinski definition) is 3. The zero-order valence-corrected chi connectivity index (χ0v) is 14.0. The first-order chi connectivity index (χ1) is 10.9. The van der Waals surface area contributed by atoms with E-state index in [1.165, 1.54) is 4.90 Å². The van der Waals surface area contributed by atoms with Crippen LogP contribution < -0.4 is 5.32 Å². The summed E-state index contributed by atoms with van der Waals surface area (Å²) < 4.78 is 0. The molecule has 1 fully saturated rings. The van der Waals surface area contributed by atoms with Crippen molar-refractivity contribution in [1.29, 1.82) is 0 Å². The number of aryl methyl sites for hydroxylation is 1. The Labute approximate surface area is 137 Å². The fourth-order valence-corrected chi connectivity index (χ4v) is 2.91. The van der Waals surface area contributed by atoms with Crippen LogP contribution in [0.4, 0.5) is 5.69 Å². The number of anilines is 1. The van der Waals surface area contributed by atoms with Crippen LogP contribution in [-0.2, 0) is 14.4 Å². The second-order valence-electron chi connectivity index (χ2n) is 6.45. The molecule has 1 aliphatic carbocycles. The first kappa shape index (κ1) is 17.2. The highest BCUT2D eigenvalue weighted by molar-refractivity contribution is 5.95. The summed E-state index contributed by atoms with van der Waals surface area (Å²) in [5, 5.41) is 2.79. The van der Waals surface area contributed by atoms with Gasteiger partial charge in [-0.05, 0) is 31.9 Å². The normalized spacial score (nSPS) is 20.9. The van der Waals surface area contributed by atoms with E-state index in [0.717, 1.165) is 11.3 Å². The lowest BCUT2D eigenvalue weighted by molar-refractivity contribution is -0.140. The molecule has 2 rings (SSSR count). The van der Waals surface area contributed by atoms with Crippen LogP contribution in [0.15, 0.2) is 24.3 Å². The maximum atomic E-state index is 12.4. The Kier molecular flexibility index (Phi) is 5.53. The molecule has 1 N–H and O–H groups in total. The van der Waals surface area contributed by atoms with E-state index in [4.69, 9.17) is 0 Å². The van der Waals surface area contributed by atoms with Crippen LogP contribution in [0.3, 0.4) is 0 Å². The van der Waals surface area contributed by atoms with Crippen molar-refractivity contribution in [1.82, 2.24) is 4.90 Å². The summed E-state index contributed by atoms with van der Waals surface area (Å²) in [6, 6.07) is 7.52. The minimum Gasteiger partial charge on any atom is -0.336 e. The van der Waals surface area contributed by atoms with E-state index in [2.05, 4.69) is 5.32 Å². The molecular weight excluding hydrogens is 292 g/mol. The standard InChI is InChI=1S/C18H24N2O3/c1-12-4-7-15(8-5-12)19-17(22)11-20(3)18(23)14-6-9-16(21)13(2)10-14/h4-5,7-8,13-14H,6,9-11H2,1-3H3,(H,19,22). The molecule has 1 aromatic carbocycles. The van der Waals surface area contributed by atoms with Crippen molar-refractivity contribution in [3.63, 3.8) is 0 Å². The van der Waals surface area contributed by atoms with Crippen LogP contribution in [0.5, 0.6) is 0 Å². The third kappa shape index (κ3) is 4.65. The number of benzene rings is 1. The van der Waals surface area contributed by atoms with Gasteiger partial charge in [-0.1, -0.05) is 24.6 Å². The van der Waals surface area contributed by atoms with Gasteiger partial charge in [-0.2, -0.15) is 0 Å². The van der Waals surface area contributed by atoms with Gasteiger partial charge in [0, 0.05) is 31.0 Å². The number of ketones is 1. The summed E-state index contributed by atoms with van der Waals surface area (Å²) in [6.07, 6.45) is 1.63. The Morgan fingerprint density at radius 2 is 1.91 bits per heavy atom. The van der Waals surface area contributed by atoms with Gasteiger partial charge >= 0.3 is 0 Å². The predicted molar refractivity (Wildman–Crippen MR) is 89.0 cm³/mol. The molecule has 0 bridgehead atoms. The highest BCUT2D eigenvalue weighted by atomic mass is 16.2. The van der Waals surface area contributed by atoms with Crippen molar-refractivity contribution < 1.29 is 14.4 Å². The van der Waals surface area contributed by atoms with E-state index >= 15 is 0 Å². The Hall–Kier alpha value is -2.17. The molecule has 0 spiro atoms. The number of amides is 2. The summed E-state index contributed by atoms with van der Waals surface area (Å²) >= 11 is 0. The Morgan fingerprint density at radius 1 is 1.26 bits per heavy atom. The Bertz CT molecular complexity index is 595. The van der Waals surface area contributed by atoms with Gasteiger partial charge in [-0.25, -0.2) is 0 Å². The molecule has 0 aliphatic heterocycles. The van der Waals surface area contributed by atoms with E-state index < -0.39 is 0 Å². The van der Waals surface area contributed by atoms with Gasteiger partial charge in [0.15, 0.2) is 0 Å². The van der Waals surface area contributed by atoms with Crippen LogP contribution in [0.2, 0.25) is 0 Å². The van der Waals surface area contributed by atoms with Gasteiger partial charge in [-0.3, -0.25) is 14.4 Å². The molecule has 2 amide bonds. The second kappa shape index (κ2) is 7.40. The molecule has 5 nitrogen and oxygen atoms in total. The summed E-state index contributed by atoms with van der Waals surface area (Å²) in [5.74, 6) is -0.255. The SMILES string of the molecule is Cc1ccc(NC(=O)CN(C)C(=O)C2CCC(=O)C(C)C2)cc1. The maximum absolute atomic E-state index is 12.4. The lowest BCUT2D eigenvalue weighted by Gasteiger charge is -2.28. The number of likely N-dealkylation sites (N-methyl/N-ethyl adjacent to an activating group) is 1. The van der Waals surface area contributed by atoms with Gasteiger partial charge in [0.1, 0.15) is 5.78 Å². The molecule has 1 aromatic rings. The number of Topliss-reactive ketones (excluding diaryl/α,β-unsaturated/α-hetero) is 1. The first-order valence-corrected chi connectivity index (χ1v) is 8.01. The zero-order chi connectivity index (χ0) is 17.0. The molecule has 2 atom stereocenters. The topological polar surface area (TPSA) is 66.5 Å². The molecule has 23 heavy (non-hydrogen) atoms. The number of carbonyl (C=O) groups is 3. The molecule has 1 saturated carbocycles. The van der Waals surface area contributed by atoms with E-state index in [0.29, 0.717) is 19.3 Å². The lowest BCUT2D eigenvalue weighted by atomic mass is 9.81. The summed E-state index contributed by atoms with van der Waals surface area (Å²) in [6.45, 7) is 3.87. The second-order valence-corrected chi connectivity index (χ2v) is 6.45.